The predicted octanol–water partition coefficient (Wildman–Crippen LogP) is 4.61. The lowest BCUT2D eigenvalue weighted by molar-refractivity contribution is 0.0934. The van der Waals surface area contributed by atoms with Gasteiger partial charge in [0.1, 0.15) is 29.5 Å². The lowest BCUT2D eigenvalue weighted by Gasteiger charge is -2.12. The van der Waals surface area contributed by atoms with E-state index in [4.69, 9.17) is 9.15 Å². The van der Waals surface area contributed by atoms with E-state index in [1.165, 1.54) is 5.56 Å². The van der Waals surface area contributed by atoms with Crippen LogP contribution in [-0.2, 0) is 6.61 Å². The van der Waals surface area contributed by atoms with Crippen molar-refractivity contribution < 1.29 is 13.9 Å². The van der Waals surface area contributed by atoms with Crippen molar-refractivity contribution in [1.82, 2.24) is 14.7 Å². The molecule has 0 saturated heterocycles. The summed E-state index contributed by atoms with van der Waals surface area (Å²) in [6, 6.07) is 14.7. The van der Waals surface area contributed by atoms with Gasteiger partial charge in [-0.1, -0.05) is 12.1 Å². The highest BCUT2D eigenvalue weighted by Gasteiger charge is 2.15. The van der Waals surface area contributed by atoms with Crippen LogP contribution in [0.4, 0.5) is 0 Å². The van der Waals surface area contributed by atoms with Crippen LogP contribution >= 0.6 is 0 Å². The average molecular weight is 389 g/mol. The average Bonchev–Trinajstić information content (AvgIpc) is 3.32. The minimum absolute atomic E-state index is 0.180. The van der Waals surface area contributed by atoms with Gasteiger partial charge in [0.25, 0.3) is 5.91 Å². The monoisotopic (exact) mass is 389 g/mol. The molecule has 1 amide bonds. The van der Waals surface area contributed by atoms with Crippen molar-refractivity contribution in [2.45, 2.75) is 33.4 Å². The molecule has 0 aliphatic heterocycles. The zero-order chi connectivity index (χ0) is 20.4. The molecule has 0 bridgehead atoms. The number of rotatable bonds is 6. The van der Waals surface area contributed by atoms with Crippen LogP contribution in [-0.4, -0.2) is 15.3 Å². The molecule has 1 atom stereocenters. The summed E-state index contributed by atoms with van der Waals surface area (Å²) in [7, 11) is 0. The van der Waals surface area contributed by atoms with E-state index in [0.29, 0.717) is 17.9 Å². The van der Waals surface area contributed by atoms with Gasteiger partial charge in [-0.2, -0.15) is 0 Å². The Kier molecular flexibility index (Phi) is 5.08. The minimum atomic E-state index is -0.220. The van der Waals surface area contributed by atoms with Gasteiger partial charge >= 0.3 is 0 Å². The third kappa shape index (κ3) is 4.32. The number of carbonyl (C=O) groups excluding carboxylic acids is 1. The number of fused-ring (bicyclic) bond motifs is 1. The Morgan fingerprint density at radius 3 is 2.83 bits per heavy atom. The first-order valence-corrected chi connectivity index (χ1v) is 9.52. The molecule has 6 nitrogen and oxygen atoms in total. The van der Waals surface area contributed by atoms with E-state index < -0.39 is 0 Å². The number of nitrogens with one attached hydrogen (secondary N) is 1. The zero-order valence-corrected chi connectivity index (χ0v) is 16.7. The van der Waals surface area contributed by atoms with Crippen LogP contribution in [0.2, 0.25) is 0 Å². The summed E-state index contributed by atoms with van der Waals surface area (Å²) in [4.78, 5) is 17.1. The molecule has 0 fully saturated rings. The summed E-state index contributed by atoms with van der Waals surface area (Å²) < 4.78 is 13.4. The number of nitrogens with zero attached hydrogens (tertiary/aromatic N) is 2. The van der Waals surface area contributed by atoms with Crippen molar-refractivity contribution in [3.8, 4) is 5.75 Å². The van der Waals surface area contributed by atoms with Crippen molar-refractivity contribution in [2.24, 2.45) is 0 Å². The third-order valence-electron chi connectivity index (χ3n) is 4.67. The van der Waals surface area contributed by atoms with Crippen LogP contribution in [0.3, 0.4) is 0 Å². The van der Waals surface area contributed by atoms with Crippen LogP contribution in [0.1, 0.15) is 46.1 Å². The van der Waals surface area contributed by atoms with Crippen LogP contribution < -0.4 is 10.1 Å². The number of carbonyl (C=O) groups is 1. The Morgan fingerprint density at radius 2 is 2.03 bits per heavy atom. The van der Waals surface area contributed by atoms with Gasteiger partial charge in [0.2, 0.25) is 0 Å². The van der Waals surface area contributed by atoms with Crippen molar-refractivity contribution >= 4 is 11.6 Å². The number of pyridine rings is 1. The fourth-order valence-corrected chi connectivity index (χ4v) is 3.15. The van der Waals surface area contributed by atoms with Crippen molar-refractivity contribution in [3.63, 3.8) is 0 Å². The summed E-state index contributed by atoms with van der Waals surface area (Å²) in [6.45, 7) is 6.14. The molecule has 1 unspecified atom stereocenters. The van der Waals surface area contributed by atoms with Crippen molar-refractivity contribution in [2.75, 3.05) is 0 Å². The molecular formula is C23H23N3O3. The molecule has 1 N–H and O–H groups in total. The number of aryl methyl sites for hydroxylation is 2. The van der Waals surface area contributed by atoms with Crippen molar-refractivity contribution in [3.05, 3.63) is 89.3 Å². The lowest BCUT2D eigenvalue weighted by atomic mass is 10.1. The summed E-state index contributed by atoms with van der Waals surface area (Å²) in [5.41, 5.74) is 3.40. The molecule has 0 radical (unpaired) electrons. The zero-order valence-electron chi connectivity index (χ0n) is 16.7. The molecule has 4 aromatic rings. The fraction of sp³-hybridized carbons (Fsp3) is 0.217. The maximum Gasteiger partial charge on any atom is 0.251 e. The van der Waals surface area contributed by atoms with Gasteiger partial charge in [-0.05, 0) is 62.7 Å². The molecule has 4 rings (SSSR count). The minimum Gasteiger partial charge on any atom is -0.487 e. The maximum atomic E-state index is 12.6. The standard InChI is InChI=1S/C23H23N3O3/c1-15-7-10-22-25-19(13-26(22)12-15)14-28-20-6-4-5-18(11-20)23(27)24-17(3)21-9-8-16(2)29-21/h4-13,17H,14H2,1-3H3,(H,24,27). The Labute approximate surface area is 169 Å². The first-order chi connectivity index (χ1) is 14.0. The number of hydrogen-bond acceptors (Lipinski definition) is 4. The van der Waals surface area contributed by atoms with E-state index in [1.807, 2.05) is 67.9 Å². The highest BCUT2D eigenvalue weighted by molar-refractivity contribution is 5.94. The van der Waals surface area contributed by atoms with Crippen LogP contribution in [0.25, 0.3) is 5.65 Å². The second-order valence-electron chi connectivity index (χ2n) is 7.16. The first kappa shape index (κ1) is 18.8. The van der Waals surface area contributed by atoms with E-state index in [9.17, 15) is 4.79 Å². The normalized spacial score (nSPS) is 12.1. The molecule has 6 heteroatoms. The number of ether oxygens (including phenoxy) is 1. The molecule has 0 spiro atoms. The van der Waals surface area contributed by atoms with E-state index >= 15 is 0 Å². The number of benzene rings is 1. The summed E-state index contributed by atoms with van der Waals surface area (Å²) >= 11 is 0. The van der Waals surface area contributed by atoms with Crippen molar-refractivity contribution in [1.29, 1.82) is 0 Å². The molecular weight excluding hydrogens is 366 g/mol. The Balaban J connectivity index is 1.41. The molecule has 148 valence electrons. The molecule has 3 aromatic heterocycles. The van der Waals surface area contributed by atoms with E-state index in [-0.39, 0.29) is 11.9 Å². The molecule has 29 heavy (non-hydrogen) atoms. The van der Waals surface area contributed by atoms with Gasteiger partial charge < -0.3 is 18.9 Å². The highest BCUT2D eigenvalue weighted by Crippen LogP contribution is 2.19. The predicted molar refractivity (Wildman–Crippen MR) is 110 cm³/mol. The number of aromatic nitrogens is 2. The largest absolute Gasteiger partial charge is 0.487 e. The number of imidazole rings is 1. The van der Waals surface area contributed by atoms with Gasteiger partial charge in [0.15, 0.2) is 0 Å². The Morgan fingerprint density at radius 1 is 1.17 bits per heavy atom. The number of furan rings is 1. The molecule has 0 saturated carbocycles. The second kappa shape index (κ2) is 7.83. The molecule has 0 aliphatic rings. The smallest absolute Gasteiger partial charge is 0.251 e. The Hall–Kier alpha value is -3.54. The lowest BCUT2D eigenvalue weighted by Crippen LogP contribution is -2.26. The van der Waals surface area contributed by atoms with Crippen LogP contribution in [0.5, 0.6) is 5.75 Å². The van der Waals surface area contributed by atoms with E-state index in [2.05, 4.69) is 10.3 Å². The number of hydrogen-bond donors (Lipinski definition) is 1. The highest BCUT2D eigenvalue weighted by atomic mass is 16.5. The quantitative estimate of drug-likeness (QED) is 0.523. The van der Waals surface area contributed by atoms with Gasteiger partial charge in [0, 0.05) is 18.0 Å². The second-order valence-corrected chi connectivity index (χ2v) is 7.16. The van der Waals surface area contributed by atoms with Gasteiger partial charge in [-0.3, -0.25) is 4.79 Å². The third-order valence-corrected chi connectivity index (χ3v) is 4.67. The summed E-state index contributed by atoms with van der Waals surface area (Å²) in [6.07, 6.45) is 3.98. The summed E-state index contributed by atoms with van der Waals surface area (Å²) in [5, 5.41) is 2.95. The van der Waals surface area contributed by atoms with Gasteiger partial charge in [-0.25, -0.2) is 4.98 Å². The van der Waals surface area contributed by atoms with Crippen LogP contribution in [0.15, 0.2) is 65.3 Å². The van der Waals surface area contributed by atoms with E-state index in [1.54, 1.807) is 18.2 Å². The molecule has 3 heterocycles. The van der Waals surface area contributed by atoms with Crippen LogP contribution in [0, 0.1) is 13.8 Å². The SMILES string of the molecule is Cc1ccc2nc(COc3cccc(C(=O)NC(C)c4ccc(C)o4)c3)cn2c1. The van der Waals surface area contributed by atoms with Gasteiger partial charge in [0.05, 0.1) is 11.7 Å². The molecule has 0 aliphatic carbocycles. The fourth-order valence-electron chi connectivity index (χ4n) is 3.15. The Bertz CT molecular complexity index is 1160. The molecule has 1 aromatic carbocycles. The summed E-state index contributed by atoms with van der Waals surface area (Å²) in [5.74, 6) is 1.98. The van der Waals surface area contributed by atoms with Gasteiger partial charge in [-0.15, -0.1) is 0 Å². The number of amides is 1. The first-order valence-electron chi connectivity index (χ1n) is 9.52. The van der Waals surface area contributed by atoms with E-state index in [0.717, 1.165) is 22.9 Å². The topological polar surface area (TPSA) is 68.8 Å². The maximum absolute atomic E-state index is 12.6.